The molecule has 2 aromatic carbocycles. The second-order valence-corrected chi connectivity index (χ2v) is 9.91. The molecule has 0 saturated heterocycles. The maximum Gasteiger partial charge on any atom is 0.234 e. The third-order valence-electron chi connectivity index (χ3n) is 4.47. The van der Waals surface area contributed by atoms with Gasteiger partial charge in [0, 0.05) is 24.4 Å². The lowest BCUT2D eigenvalue weighted by atomic mass is 10.1. The van der Waals surface area contributed by atoms with Crippen molar-refractivity contribution >= 4 is 39.1 Å². The molecule has 8 heteroatoms. The van der Waals surface area contributed by atoms with Crippen molar-refractivity contribution in [3.8, 4) is 0 Å². The SMILES string of the molecule is C[C@@H](CS(=O)(=O)c1ccc2c(c1)NC(=O)CS2)C(=O)N(C)Cc1ccccc1. The minimum Gasteiger partial charge on any atom is -0.341 e. The van der Waals surface area contributed by atoms with Gasteiger partial charge in [-0.05, 0) is 23.8 Å². The highest BCUT2D eigenvalue weighted by Crippen LogP contribution is 2.33. The molecule has 1 N–H and O–H groups in total. The number of carbonyl (C=O) groups excluding carboxylic acids is 2. The maximum atomic E-state index is 12.8. The number of carbonyl (C=O) groups is 2. The monoisotopic (exact) mass is 418 g/mol. The molecular weight excluding hydrogens is 396 g/mol. The Kier molecular flexibility index (Phi) is 6.10. The average Bonchev–Trinajstić information content (AvgIpc) is 2.67. The smallest absolute Gasteiger partial charge is 0.234 e. The predicted octanol–water partition coefficient (Wildman–Crippen LogP) is 2.80. The fourth-order valence-corrected chi connectivity index (χ4v) is 5.42. The van der Waals surface area contributed by atoms with Gasteiger partial charge < -0.3 is 10.2 Å². The number of thioether (sulfide) groups is 1. The number of benzene rings is 2. The molecule has 0 aromatic heterocycles. The van der Waals surface area contributed by atoms with Crippen LogP contribution in [0.1, 0.15) is 12.5 Å². The van der Waals surface area contributed by atoms with Gasteiger partial charge in [0.05, 0.1) is 22.1 Å². The van der Waals surface area contributed by atoms with E-state index in [9.17, 15) is 18.0 Å². The number of fused-ring (bicyclic) bond motifs is 1. The molecule has 0 bridgehead atoms. The molecule has 1 aliphatic heterocycles. The standard InChI is InChI=1S/C20H22N2O4S2/c1-14(20(24)22(2)11-15-6-4-3-5-7-15)13-28(25,26)16-8-9-18-17(10-16)21-19(23)12-27-18/h3-10,14H,11-13H2,1-2H3,(H,21,23)/t14-/m0/s1. The van der Waals surface area contributed by atoms with Gasteiger partial charge in [-0.25, -0.2) is 8.42 Å². The summed E-state index contributed by atoms with van der Waals surface area (Å²) in [4.78, 5) is 26.7. The van der Waals surface area contributed by atoms with Crippen LogP contribution in [0.2, 0.25) is 0 Å². The van der Waals surface area contributed by atoms with E-state index in [1.807, 2.05) is 30.3 Å². The highest BCUT2D eigenvalue weighted by molar-refractivity contribution is 8.00. The number of hydrogen-bond acceptors (Lipinski definition) is 5. The van der Waals surface area contributed by atoms with Crippen LogP contribution in [-0.2, 0) is 26.0 Å². The van der Waals surface area contributed by atoms with E-state index in [2.05, 4.69) is 5.32 Å². The summed E-state index contributed by atoms with van der Waals surface area (Å²) in [6.07, 6.45) is 0. The zero-order valence-electron chi connectivity index (χ0n) is 15.7. The molecule has 0 saturated carbocycles. The number of amides is 2. The number of nitrogens with one attached hydrogen (secondary N) is 1. The number of nitrogens with zero attached hydrogens (tertiary/aromatic N) is 1. The molecule has 0 radical (unpaired) electrons. The van der Waals surface area contributed by atoms with Crippen molar-refractivity contribution in [3.05, 3.63) is 54.1 Å². The molecule has 0 fully saturated rings. The van der Waals surface area contributed by atoms with Crippen LogP contribution in [0, 0.1) is 5.92 Å². The largest absolute Gasteiger partial charge is 0.341 e. The van der Waals surface area contributed by atoms with E-state index in [-0.39, 0.29) is 22.5 Å². The van der Waals surface area contributed by atoms with Gasteiger partial charge in [0.25, 0.3) is 0 Å². The van der Waals surface area contributed by atoms with E-state index >= 15 is 0 Å². The molecule has 0 unspecified atom stereocenters. The molecule has 28 heavy (non-hydrogen) atoms. The van der Waals surface area contributed by atoms with Gasteiger partial charge in [-0.2, -0.15) is 0 Å². The molecule has 0 spiro atoms. The fourth-order valence-electron chi connectivity index (χ4n) is 3.06. The van der Waals surface area contributed by atoms with Crippen LogP contribution in [-0.4, -0.2) is 43.7 Å². The number of sulfone groups is 1. The van der Waals surface area contributed by atoms with E-state index in [4.69, 9.17) is 0 Å². The van der Waals surface area contributed by atoms with Crippen LogP contribution in [0.25, 0.3) is 0 Å². The Bertz CT molecular complexity index is 991. The number of rotatable bonds is 6. The van der Waals surface area contributed by atoms with Crippen molar-refractivity contribution in [2.24, 2.45) is 5.92 Å². The van der Waals surface area contributed by atoms with Crippen molar-refractivity contribution in [1.82, 2.24) is 4.90 Å². The molecule has 3 rings (SSSR count). The van der Waals surface area contributed by atoms with Gasteiger partial charge in [-0.3, -0.25) is 9.59 Å². The lowest BCUT2D eigenvalue weighted by Crippen LogP contribution is -2.34. The number of hydrogen-bond donors (Lipinski definition) is 1. The zero-order valence-corrected chi connectivity index (χ0v) is 17.3. The van der Waals surface area contributed by atoms with Gasteiger partial charge in [-0.1, -0.05) is 37.3 Å². The van der Waals surface area contributed by atoms with Crippen molar-refractivity contribution in [3.63, 3.8) is 0 Å². The van der Waals surface area contributed by atoms with Crippen LogP contribution in [0.3, 0.4) is 0 Å². The normalized spacial score (nSPS) is 14.7. The Labute approximate surface area is 169 Å². The second-order valence-electron chi connectivity index (χ2n) is 6.86. The van der Waals surface area contributed by atoms with Gasteiger partial charge >= 0.3 is 0 Å². The molecule has 1 atom stereocenters. The van der Waals surface area contributed by atoms with Crippen molar-refractivity contribution < 1.29 is 18.0 Å². The first-order chi connectivity index (χ1) is 13.3. The van der Waals surface area contributed by atoms with E-state index in [1.165, 1.54) is 23.9 Å². The van der Waals surface area contributed by atoms with E-state index in [0.29, 0.717) is 18.0 Å². The lowest BCUT2D eigenvalue weighted by molar-refractivity contribution is -0.133. The molecular formula is C20H22N2O4S2. The van der Waals surface area contributed by atoms with Crippen LogP contribution in [0.5, 0.6) is 0 Å². The van der Waals surface area contributed by atoms with Crippen LogP contribution in [0.15, 0.2) is 58.3 Å². The summed E-state index contributed by atoms with van der Waals surface area (Å²) < 4.78 is 25.6. The summed E-state index contributed by atoms with van der Waals surface area (Å²) in [5.41, 5.74) is 1.49. The van der Waals surface area contributed by atoms with Crippen LogP contribution < -0.4 is 5.32 Å². The molecule has 6 nitrogen and oxygen atoms in total. The maximum absolute atomic E-state index is 12.8. The lowest BCUT2D eigenvalue weighted by Gasteiger charge is -2.22. The minimum atomic E-state index is -3.67. The quantitative estimate of drug-likeness (QED) is 0.780. The summed E-state index contributed by atoms with van der Waals surface area (Å²) in [6.45, 7) is 2.05. The minimum absolute atomic E-state index is 0.111. The number of anilines is 1. The molecule has 1 heterocycles. The highest BCUT2D eigenvalue weighted by Gasteiger charge is 2.27. The van der Waals surface area contributed by atoms with Crippen molar-refractivity contribution in [2.75, 3.05) is 23.9 Å². The third-order valence-corrected chi connectivity index (χ3v) is 7.46. The third kappa shape index (κ3) is 4.74. The molecule has 2 aromatic rings. The Balaban J connectivity index is 1.70. The van der Waals surface area contributed by atoms with Crippen molar-refractivity contribution in [2.45, 2.75) is 23.3 Å². The summed E-state index contributed by atoms with van der Waals surface area (Å²) >= 11 is 1.37. The van der Waals surface area contributed by atoms with Gasteiger partial charge in [0.1, 0.15) is 0 Å². The highest BCUT2D eigenvalue weighted by atomic mass is 32.2. The van der Waals surface area contributed by atoms with Crippen LogP contribution >= 0.6 is 11.8 Å². The summed E-state index contributed by atoms with van der Waals surface area (Å²) in [6, 6.07) is 14.2. The van der Waals surface area contributed by atoms with Crippen LogP contribution in [0.4, 0.5) is 5.69 Å². The predicted molar refractivity (Wildman–Crippen MR) is 110 cm³/mol. The molecule has 148 valence electrons. The van der Waals surface area contributed by atoms with E-state index in [0.717, 1.165) is 10.5 Å². The second kappa shape index (κ2) is 8.36. The van der Waals surface area contributed by atoms with Gasteiger partial charge in [-0.15, -0.1) is 11.8 Å². The average molecular weight is 419 g/mol. The Morgan fingerprint density at radius 1 is 1.21 bits per heavy atom. The van der Waals surface area contributed by atoms with Gasteiger partial charge in [0.15, 0.2) is 9.84 Å². The fraction of sp³-hybridized carbons (Fsp3) is 0.300. The molecule has 1 aliphatic rings. The van der Waals surface area contributed by atoms with E-state index < -0.39 is 15.8 Å². The first-order valence-corrected chi connectivity index (χ1v) is 11.5. The zero-order chi connectivity index (χ0) is 20.3. The van der Waals surface area contributed by atoms with Gasteiger partial charge in [0.2, 0.25) is 11.8 Å². The molecule has 0 aliphatic carbocycles. The first kappa shape index (κ1) is 20.4. The molecule has 2 amide bonds. The Morgan fingerprint density at radius 3 is 2.64 bits per heavy atom. The first-order valence-electron chi connectivity index (χ1n) is 8.84. The summed E-state index contributed by atoms with van der Waals surface area (Å²) in [7, 11) is -2.00. The Hall–Kier alpha value is -2.32. The summed E-state index contributed by atoms with van der Waals surface area (Å²) in [5, 5.41) is 2.69. The summed E-state index contributed by atoms with van der Waals surface area (Å²) in [5.74, 6) is -1.03. The van der Waals surface area contributed by atoms with Crippen molar-refractivity contribution in [1.29, 1.82) is 0 Å². The topological polar surface area (TPSA) is 83.5 Å². The Morgan fingerprint density at radius 2 is 1.93 bits per heavy atom. The van der Waals surface area contributed by atoms with E-state index in [1.54, 1.807) is 24.9 Å².